The van der Waals surface area contributed by atoms with Gasteiger partial charge in [-0.3, -0.25) is 4.79 Å². The lowest BCUT2D eigenvalue weighted by atomic mass is 9.99. The molecule has 2 heterocycles. The van der Waals surface area contributed by atoms with Gasteiger partial charge in [0.15, 0.2) is 0 Å². The number of likely N-dealkylation sites (tertiary alicyclic amines) is 1. The molecule has 6 heteroatoms. The molecule has 0 spiro atoms. The van der Waals surface area contributed by atoms with Gasteiger partial charge in [0.2, 0.25) is 5.91 Å². The minimum atomic E-state index is -0.458. The fourth-order valence-corrected chi connectivity index (χ4v) is 3.54. The first-order valence-corrected chi connectivity index (χ1v) is 9.91. The molecule has 1 fully saturated rings. The highest BCUT2D eigenvalue weighted by molar-refractivity contribution is 7.99. The molecule has 0 bridgehead atoms. The summed E-state index contributed by atoms with van der Waals surface area (Å²) < 4.78 is 0. The molecule has 1 aromatic carbocycles. The average Bonchev–Trinajstić information content (AvgIpc) is 3.10. The summed E-state index contributed by atoms with van der Waals surface area (Å²) in [4.78, 5) is 22.4. The number of amides is 1. The van der Waals surface area contributed by atoms with Crippen molar-refractivity contribution in [2.45, 2.75) is 44.1 Å². The minimum absolute atomic E-state index is 0.0598. The Kier molecular flexibility index (Phi) is 5.49. The van der Waals surface area contributed by atoms with Gasteiger partial charge in [-0.25, -0.2) is 4.98 Å². The number of thioether (sulfide) groups is 1. The zero-order chi connectivity index (χ0) is 18.0. The van der Waals surface area contributed by atoms with Crippen molar-refractivity contribution in [2.24, 2.45) is 0 Å². The summed E-state index contributed by atoms with van der Waals surface area (Å²) in [5.41, 5.74) is 3.24. The van der Waals surface area contributed by atoms with Crippen LogP contribution in [0.2, 0.25) is 0 Å². The second kappa shape index (κ2) is 7.62. The van der Waals surface area contributed by atoms with E-state index in [4.69, 9.17) is 0 Å². The molecule has 3 rings (SSSR count). The van der Waals surface area contributed by atoms with Gasteiger partial charge in [0.05, 0.1) is 29.3 Å². The van der Waals surface area contributed by atoms with Crippen LogP contribution < -0.4 is 0 Å². The number of aliphatic hydroxyl groups excluding tert-OH is 1. The Labute approximate surface area is 152 Å². The van der Waals surface area contributed by atoms with E-state index in [2.05, 4.69) is 41.2 Å². The van der Waals surface area contributed by atoms with Crippen LogP contribution in [0.25, 0.3) is 11.3 Å². The van der Waals surface area contributed by atoms with E-state index in [1.165, 1.54) is 17.3 Å². The summed E-state index contributed by atoms with van der Waals surface area (Å²) >= 11 is 1.52. The fourth-order valence-electron chi connectivity index (χ4n) is 3.20. The van der Waals surface area contributed by atoms with Crippen molar-refractivity contribution >= 4 is 17.7 Å². The maximum absolute atomic E-state index is 12.7. The van der Waals surface area contributed by atoms with Crippen molar-refractivity contribution in [3.8, 4) is 11.3 Å². The first kappa shape index (κ1) is 18.0. The summed E-state index contributed by atoms with van der Waals surface area (Å²) in [7, 11) is 0. The molecular formula is C19H25N3O2S. The standard InChI is InChI=1S/C19H25N3O2S/c1-12-4-6-14(7-5-12)16-10-20-18(21-16)17-9-8-15(23)11-22(17)19(24)13(2)25-3/h4-7,10,13,15,17,23H,8-9,11H2,1-3H3,(H,20,21). The Morgan fingerprint density at radius 3 is 2.76 bits per heavy atom. The molecule has 1 aliphatic rings. The van der Waals surface area contributed by atoms with Gasteiger partial charge in [0.1, 0.15) is 5.82 Å². The van der Waals surface area contributed by atoms with E-state index in [1.807, 2.05) is 19.4 Å². The largest absolute Gasteiger partial charge is 0.391 e. The molecule has 134 valence electrons. The number of H-pyrrole nitrogens is 1. The van der Waals surface area contributed by atoms with E-state index in [0.717, 1.165) is 23.5 Å². The van der Waals surface area contributed by atoms with Gasteiger partial charge in [-0.1, -0.05) is 29.8 Å². The Morgan fingerprint density at radius 1 is 1.36 bits per heavy atom. The number of aromatic nitrogens is 2. The van der Waals surface area contributed by atoms with Crippen molar-refractivity contribution in [2.75, 3.05) is 12.8 Å². The average molecular weight is 359 g/mol. The third-order valence-electron chi connectivity index (χ3n) is 4.82. The monoisotopic (exact) mass is 359 g/mol. The molecule has 1 saturated heterocycles. The number of benzene rings is 1. The summed E-state index contributed by atoms with van der Waals surface area (Å²) in [6.07, 6.45) is 4.70. The number of nitrogens with zero attached hydrogens (tertiary/aromatic N) is 2. The van der Waals surface area contributed by atoms with E-state index in [-0.39, 0.29) is 17.2 Å². The van der Waals surface area contributed by atoms with Gasteiger partial charge in [-0.05, 0) is 38.5 Å². The molecule has 0 saturated carbocycles. The van der Waals surface area contributed by atoms with E-state index < -0.39 is 6.10 Å². The predicted molar refractivity (Wildman–Crippen MR) is 101 cm³/mol. The number of β-amino-alcohol motifs (C(OH)–C–C–N with tert-alkyl or cyclic N) is 1. The molecule has 1 aromatic heterocycles. The van der Waals surface area contributed by atoms with Crippen LogP contribution in [0.1, 0.15) is 37.2 Å². The molecule has 2 aromatic rings. The number of aryl methyl sites for hydroxylation is 1. The van der Waals surface area contributed by atoms with Crippen molar-refractivity contribution in [3.63, 3.8) is 0 Å². The third-order valence-corrected chi connectivity index (χ3v) is 5.72. The normalized spacial score (nSPS) is 22.0. The molecule has 0 aliphatic carbocycles. The fraction of sp³-hybridized carbons (Fsp3) is 0.474. The first-order valence-electron chi connectivity index (χ1n) is 8.63. The number of carbonyl (C=O) groups excluding carboxylic acids is 1. The number of rotatable bonds is 4. The van der Waals surface area contributed by atoms with Crippen LogP contribution in [0, 0.1) is 6.92 Å². The van der Waals surface area contributed by atoms with Crippen molar-refractivity contribution < 1.29 is 9.90 Å². The molecule has 25 heavy (non-hydrogen) atoms. The highest BCUT2D eigenvalue weighted by Crippen LogP contribution is 2.32. The van der Waals surface area contributed by atoms with Gasteiger partial charge < -0.3 is 15.0 Å². The van der Waals surface area contributed by atoms with Crippen molar-refractivity contribution in [3.05, 3.63) is 41.9 Å². The van der Waals surface area contributed by atoms with Gasteiger partial charge in [0, 0.05) is 6.54 Å². The lowest BCUT2D eigenvalue weighted by Gasteiger charge is -2.38. The number of hydrogen-bond acceptors (Lipinski definition) is 4. The molecular weight excluding hydrogens is 334 g/mol. The summed E-state index contributed by atoms with van der Waals surface area (Å²) in [5, 5.41) is 9.90. The van der Waals surface area contributed by atoms with E-state index in [9.17, 15) is 9.90 Å². The smallest absolute Gasteiger partial charge is 0.236 e. The predicted octanol–water partition coefficient (Wildman–Crippen LogP) is 3.16. The minimum Gasteiger partial charge on any atom is -0.391 e. The Morgan fingerprint density at radius 2 is 2.08 bits per heavy atom. The summed E-state index contributed by atoms with van der Waals surface area (Å²) in [6.45, 7) is 4.34. The molecule has 3 atom stereocenters. The van der Waals surface area contributed by atoms with Crippen molar-refractivity contribution in [1.82, 2.24) is 14.9 Å². The SMILES string of the molecule is CSC(C)C(=O)N1CC(O)CCC1c1ncc(-c2ccc(C)cc2)[nH]1. The maximum Gasteiger partial charge on any atom is 0.236 e. The lowest BCUT2D eigenvalue weighted by molar-refractivity contribution is -0.137. The number of carbonyl (C=O) groups is 1. The van der Waals surface area contributed by atoms with E-state index in [1.54, 1.807) is 4.90 Å². The Balaban J connectivity index is 1.85. The maximum atomic E-state index is 12.7. The molecule has 2 N–H and O–H groups in total. The van der Waals surface area contributed by atoms with E-state index in [0.29, 0.717) is 13.0 Å². The second-order valence-electron chi connectivity index (χ2n) is 6.66. The number of aliphatic hydroxyl groups is 1. The first-order chi connectivity index (χ1) is 12.0. The highest BCUT2D eigenvalue weighted by Gasteiger charge is 2.35. The molecule has 5 nitrogen and oxygen atoms in total. The van der Waals surface area contributed by atoms with Crippen LogP contribution in [-0.4, -0.2) is 50.0 Å². The van der Waals surface area contributed by atoms with Crippen LogP contribution in [-0.2, 0) is 4.79 Å². The molecule has 0 radical (unpaired) electrons. The Hall–Kier alpha value is -1.79. The van der Waals surface area contributed by atoms with Gasteiger partial charge in [-0.2, -0.15) is 11.8 Å². The van der Waals surface area contributed by atoms with Crippen LogP contribution in [0.4, 0.5) is 0 Å². The quantitative estimate of drug-likeness (QED) is 0.880. The van der Waals surface area contributed by atoms with Crippen LogP contribution in [0.15, 0.2) is 30.5 Å². The van der Waals surface area contributed by atoms with Crippen LogP contribution >= 0.6 is 11.8 Å². The number of piperidine rings is 1. The lowest BCUT2D eigenvalue weighted by Crippen LogP contribution is -2.47. The number of hydrogen-bond donors (Lipinski definition) is 2. The van der Waals surface area contributed by atoms with Crippen molar-refractivity contribution in [1.29, 1.82) is 0 Å². The van der Waals surface area contributed by atoms with Gasteiger partial charge >= 0.3 is 0 Å². The molecule has 3 unspecified atom stereocenters. The van der Waals surface area contributed by atoms with Crippen LogP contribution in [0.3, 0.4) is 0 Å². The summed E-state index contributed by atoms with van der Waals surface area (Å²) in [6, 6.07) is 8.17. The topological polar surface area (TPSA) is 69.2 Å². The van der Waals surface area contributed by atoms with Crippen LogP contribution in [0.5, 0.6) is 0 Å². The van der Waals surface area contributed by atoms with Gasteiger partial charge in [0.25, 0.3) is 0 Å². The molecule has 1 aliphatic heterocycles. The molecule has 1 amide bonds. The highest BCUT2D eigenvalue weighted by atomic mass is 32.2. The van der Waals surface area contributed by atoms with E-state index >= 15 is 0 Å². The summed E-state index contributed by atoms with van der Waals surface area (Å²) in [5.74, 6) is 0.855. The number of imidazole rings is 1. The zero-order valence-electron chi connectivity index (χ0n) is 14.9. The zero-order valence-corrected chi connectivity index (χ0v) is 15.7. The number of aromatic amines is 1. The number of nitrogens with one attached hydrogen (secondary N) is 1. The Bertz CT molecular complexity index is 729. The third kappa shape index (κ3) is 3.90. The second-order valence-corrected chi connectivity index (χ2v) is 7.84. The van der Waals surface area contributed by atoms with Gasteiger partial charge in [-0.15, -0.1) is 0 Å².